The van der Waals surface area contributed by atoms with E-state index in [1.54, 1.807) is 13.8 Å². The molecular weight excluding hydrogens is 384 g/mol. The van der Waals surface area contributed by atoms with E-state index in [-0.39, 0.29) is 58.1 Å². The number of fused-ring (bicyclic) bond motifs is 3. The van der Waals surface area contributed by atoms with Crippen molar-refractivity contribution in [3.8, 4) is 11.5 Å². The molecule has 0 aliphatic carbocycles. The Morgan fingerprint density at radius 3 is 2.34 bits per heavy atom. The molecule has 0 amide bonds. The fourth-order valence-electron chi connectivity index (χ4n) is 3.10. The van der Waals surface area contributed by atoms with Crippen molar-refractivity contribution in [2.75, 3.05) is 20.3 Å². The van der Waals surface area contributed by atoms with Crippen molar-refractivity contribution in [2.45, 2.75) is 13.8 Å². The summed E-state index contributed by atoms with van der Waals surface area (Å²) in [6.45, 7) is 3.63. The lowest BCUT2D eigenvalue weighted by atomic mass is 10.0. The summed E-state index contributed by atoms with van der Waals surface area (Å²) in [5.41, 5.74) is -0.350. The molecule has 1 aromatic carbocycles. The average molecular weight is 402 g/mol. The number of carbonyl (C=O) groups excluding carboxylic acids is 1. The summed E-state index contributed by atoms with van der Waals surface area (Å²) < 4.78 is 16.2. The van der Waals surface area contributed by atoms with E-state index >= 15 is 0 Å². The Kier molecular flexibility index (Phi) is 5.26. The van der Waals surface area contributed by atoms with Crippen LogP contribution in [-0.2, 0) is 4.74 Å². The van der Waals surface area contributed by atoms with Gasteiger partial charge in [0.2, 0.25) is 0 Å². The van der Waals surface area contributed by atoms with Gasteiger partial charge in [0, 0.05) is 10.8 Å². The minimum absolute atomic E-state index is 0.0630. The number of aromatic amines is 1. The third-order valence-electron chi connectivity index (χ3n) is 4.19. The lowest BCUT2D eigenvalue weighted by molar-refractivity contribution is 0.0528. The van der Waals surface area contributed by atoms with Gasteiger partial charge in [-0.05, 0) is 26.0 Å². The molecule has 0 radical (unpaired) electrons. The number of carboxylic acids is 2. The van der Waals surface area contributed by atoms with Crippen LogP contribution in [0.3, 0.4) is 0 Å². The van der Waals surface area contributed by atoms with Gasteiger partial charge in [0.25, 0.3) is 0 Å². The lowest BCUT2D eigenvalue weighted by Crippen LogP contribution is -2.11. The first-order valence-electron chi connectivity index (χ1n) is 8.67. The van der Waals surface area contributed by atoms with E-state index in [9.17, 15) is 24.6 Å². The van der Waals surface area contributed by atoms with Crippen LogP contribution in [-0.4, -0.2) is 58.4 Å². The Hall–Kier alpha value is -3.82. The number of carbonyl (C=O) groups is 3. The van der Waals surface area contributed by atoms with Crippen LogP contribution in [0.2, 0.25) is 0 Å². The van der Waals surface area contributed by atoms with Gasteiger partial charge in [0.05, 0.1) is 36.9 Å². The van der Waals surface area contributed by atoms with Crippen molar-refractivity contribution in [3.63, 3.8) is 0 Å². The zero-order valence-corrected chi connectivity index (χ0v) is 15.9. The molecule has 3 aromatic rings. The van der Waals surface area contributed by atoms with Crippen LogP contribution in [0.15, 0.2) is 12.1 Å². The van der Waals surface area contributed by atoms with Crippen molar-refractivity contribution in [3.05, 3.63) is 29.1 Å². The number of esters is 1. The molecule has 0 saturated carbocycles. The van der Waals surface area contributed by atoms with E-state index < -0.39 is 17.9 Å². The molecule has 0 aliphatic heterocycles. The van der Waals surface area contributed by atoms with Crippen LogP contribution < -0.4 is 9.47 Å². The van der Waals surface area contributed by atoms with Gasteiger partial charge in [-0.2, -0.15) is 0 Å². The summed E-state index contributed by atoms with van der Waals surface area (Å²) in [5.74, 6) is -3.04. The second-order valence-electron chi connectivity index (χ2n) is 5.88. The van der Waals surface area contributed by atoms with Gasteiger partial charge >= 0.3 is 17.9 Å². The highest BCUT2D eigenvalue weighted by Gasteiger charge is 2.27. The van der Waals surface area contributed by atoms with E-state index in [1.807, 2.05) is 0 Å². The number of benzene rings is 1. The number of pyridine rings is 1. The fraction of sp³-hybridized carbons (Fsp3) is 0.263. The van der Waals surface area contributed by atoms with E-state index in [0.717, 1.165) is 6.07 Å². The smallest absolute Gasteiger partial charge is 0.354 e. The van der Waals surface area contributed by atoms with E-state index in [1.165, 1.54) is 13.2 Å². The van der Waals surface area contributed by atoms with Crippen LogP contribution in [0.25, 0.3) is 21.8 Å². The number of H-pyrrole nitrogens is 1. The molecule has 0 aliphatic rings. The van der Waals surface area contributed by atoms with E-state index in [0.29, 0.717) is 5.39 Å². The van der Waals surface area contributed by atoms with Gasteiger partial charge in [0.1, 0.15) is 11.4 Å². The molecule has 0 unspecified atom stereocenters. The standard InChI is InChI=1S/C19H18N2O8/c1-4-28-15-9-7-11(18(24)25)20-13(9)12-8(19(26)29-5-2)6-10(17(22)23)21-14(12)16(15)27-3/h6-7,21H,4-5H2,1-3H3,(H,22,23)(H,24,25). The van der Waals surface area contributed by atoms with Crippen molar-refractivity contribution in [1.82, 2.24) is 9.97 Å². The second kappa shape index (κ2) is 7.66. The number of carboxylic acid groups (broad SMARTS) is 2. The summed E-state index contributed by atoms with van der Waals surface area (Å²) in [7, 11) is 1.35. The first-order chi connectivity index (χ1) is 13.8. The number of aromatic carboxylic acids is 2. The highest BCUT2D eigenvalue weighted by Crippen LogP contribution is 2.44. The molecule has 3 rings (SSSR count). The number of aromatic nitrogens is 2. The number of nitrogens with zero attached hydrogens (tertiary/aromatic N) is 1. The molecule has 10 nitrogen and oxygen atoms in total. The summed E-state index contributed by atoms with van der Waals surface area (Å²) in [5, 5.41) is 19.3. The molecule has 0 bridgehead atoms. The lowest BCUT2D eigenvalue weighted by Gasteiger charge is -2.16. The fourth-order valence-corrected chi connectivity index (χ4v) is 3.10. The second-order valence-corrected chi connectivity index (χ2v) is 5.88. The molecule has 10 heteroatoms. The minimum atomic E-state index is -1.31. The molecule has 29 heavy (non-hydrogen) atoms. The highest BCUT2D eigenvalue weighted by atomic mass is 16.5. The average Bonchev–Trinajstić information content (AvgIpc) is 3.13. The van der Waals surface area contributed by atoms with Crippen LogP contribution in [0, 0.1) is 0 Å². The quantitative estimate of drug-likeness (QED) is 0.507. The maximum absolute atomic E-state index is 12.6. The Morgan fingerprint density at radius 1 is 1.07 bits per heavy atom. The Bertz CT molecular complexity index is 1150. The number of ether oxygens (including phenoxy) is 3. The highest BCUT2D eigenvalue weighted by molar-refractivity contribution is 6.20. The number of methoxy groups -OCH3 is 1. The molecule has 0 spiro atoms. The first kappa shape index (κ1) is 19.9. The molecule has 2 aromatic heterocycles. The van der Waals surface area contributed by atoms with Crippen molar-refractivity contribution >= 4 is 39.7 Å². The van der Waals surface area contributed by atoms with Crippen LogP contribution >= 0.6 is 0 Å². The first-order valence-corrected chi connectivity index (χ1v) is 8.67. The topological polar surface area (TPSA) is 148 Å². The van der Waals surface area contributed by atoms with Crippen LogP contribution in [0.5, 0.6) is 11.5 Å². The van der Waals surface area contributed by atoms with Gasteiger partial charge in [-0.3, -0.25) is 0 Å². The van der Waals surface area contributed by atoms with Gasteiger partial charge in [-0.15, -0.1) is 0 Å². The SMILES string of the molecule is CCOC(=O)c1cc(C(=O)O)[nH]c2c(OC)c(OCC)c3cc(C(=O)O)nc3c12. The number of hydrogen-bond donors (Lipinski definition) is 3. The van der Waals surface area contributed by atoms with Gasteiger partial charge in [-0.1, -0.05) is 0 Å². The summed E-state index contributed by atoms with van der Waals surface area (Å²) in [4.78, 5) is 42.5. The molecular formula is C19H18N2O8. The largest absolute Gasteiger partial charge is 0.491 e. The molecule has 0 saturated heterocycles. The molecule has 152 valence electrons. The van der Waals surface area contributed by atoms with Crippen molar-refractivity contribution in [1.29, 1.82) is 0 Å². The minimum Gasteiger partial charge on any atom is -0.491 e. The van der Waals surface area contributed by atoms with Gasteiger partial charge in [-0.25, -0.2) is 19.4 Å². The number of hydrogen-bond acceptors (Lipinski definition) is 7. The number of nitrogens with one attached hydrogen (secondary N) is 1. The van der Waals surface area contributed by atoms with Gasteiger partial charge < -0.3 is 29.4 Å². The predicted molar refractivity (Wildman–Crippen MR) is 101 cm³/mol. The van der Waals surface area contributed by atoms with E-state index in [4.69, 9.17) is 14.2 Å². The maximum Gasteiger partial charge on any atom is 0.354 e. The van der Waals surface area contributed by atoms with E-state index in [2.05, 4.69) is 9.97 Å². The summed E-state index contributed by atoms with van der Waals surface area (Å²) in [6, 6.07) is 2.43. The summed E-state index contributed by atoms with van der Waals surface area (Å²) in [6.07, 6.45) is 0. The van der Waals surface area contributed by atoms with Crippen molar-refractivity contribution in [2.24, 2.45) is 0 Å². The molecule has 3 N–H and O–H groups in total. The molecule has 0 atom stereocenters. The van der Waals surface area contributed by atoms with Gasteiger partial charge in [0.15, 0.2) is 11.5 Å². The number of rotatable bonds is 7. The third kappa shape index (κ3) is 3.28. The predicted octanol–water partition coefficient (Wildman–Crippen LogP) is 2.70. The Labute approximate surface area is 164 Å². The Balaban J connectivity index is 2.59. The molecule has 0 fully saturated rings. The van der Waals surface area contributed by atoms with Crippen LogP contribution in [0.4, 0.5) is 0 Å². The molecule has 2 heterocycles. The monoisotopic (exact) mass is 402 g/mol. The maximum atomic E-state index is 12.6. The summed E-state index contributed by atoms with van der Waals surface area (Å²) >= 11 is 0. The Morgan fingerprint density at radius 2 is 1.79 bits per heavy atom. The zero-order chi connectivity index (χ0) is 21.3. The van der Waals surface area contributed by atoms with Crippen LogP contribution in [0.1, 0.15) is 45.2 Å². The van der Waals surface area contributed by atoms with Crippen molar-refractivity contribution < 1.29 is 38.8 Å². The normalized spacial score (nSPS) is 10.9. The third-order valence-corrected chi connectivity index (χ3v) is 4.19. The zero-order valence-electron chi connectivity index (χ0n) is 15.9.